The number of nitrogens with zero attached hydrogens (tertiary/aromatic N) is 2. The van der Waals surface area contributed by atoms with E-state index in [0.29, 0.717) is 11.3 Å². The van der Waals surface area contributed by atoms with Crippen LogP contribution in [0.5, 0.6) is 0 Å². The number of amides is 1. The van der Waals surface area contributed by atoms with Crippen molar-refractivity contribution in [3.8, 4) is 11.3 Å². The van der Waals surface area contributed by atoms with E-state index in [1.807, 2.05) is 0 Å². The highest BCUT2D eigenvalue weighted by Gasteiger charge is 2.06. The third-order valence-electron chi connectivity index (χ3n) is 2.44. The van der Waals surface area contributed by atoms with E-state index in [4.69, 9.17) is 0 Å². The maximum Gasteiger partial charge on any atom is 0.427 e. The van der Waals surface area contributed by atoms with Gasteiger partial charge in [0.25, 0.3) is 0 Å². The maximum atomic E-state index is 12.9. The molecule has 1 heterocycles. The molecule has 1 aromatic carbocycles. The first kappa shape index (κ1) is 13.7. The van der Waals surface area contributed by atoms with E-state index < -0.39 is 6.09 Å². The van der Waals surface area contributed by atoms with Crippen LogP contribution in [0, 0.1) is 5.82 Å². The van der Waals surface area contributed by atoms with E-state index in [1.165, 1.54) is 18.3 Å². The van der Waals surface area contributed by atoms with Crippen molar-refractivity contribution in [3.63, 3.8) is 0 Å². The molecule has 0 saturated heterocycles. The molecule has 7 heteroatoms. The number of aromatic amines is 1. The molecule has 1 aromatic heterocycles. The largest absolute Gasteiger partial charge is 0.449 e. The third-order valence-corrected chi connectivity index (χ3v) is 2.44. The summed E-state index contributed by atoms with van der Waals surface area (Å²) in [5.74, 6) is -0.313. The lowest BCUT2D eigenvalue weighted by atomic mass is 10.1. The number of hydrazone groups is 1. The Balaban J connectivity index is 2.11. The first-order valence-electron chi connectivity index (χ1n) is 5.96. The SMILES string of the molecule is CCOC(=O)NN=Cc1cn[nH]c1-c1ccc(F)cc1. The van der Waals surface area contributed by atoms with Gasteiger partial charge in [-0.15, -0.1) is 0 Å². The molecule has 0 aliphatic rings. The summed E-state index contributed by atoms with van der Waals surface area (Å²) < 4.78 is 17.5. The van der Waals surface area contributed by atoms with Crippen LogP contribution in [0.25, 0.3) is 11.3 Å². The fourth-order valence-electron chi connectivity index (χ4n) is 1.56. The molecule has 0 radical (unpaired) electrons. The molecule has 0 aliphatic carbocycles. The number of aromatic nitrogens is 2. The lowest BCUT2D eigenvalue weighted by Crippen LogP contribution is -2.18. The second kappa shape index (κ2) is 6.46. The topological polar surface area (TPSA) is 79.4 Å². The van der Waals surface area contributed by atoms with Gasteiger partial charge in [0, 0.05) is 11.1 Å². The number of hydrogen-bond donors (Lipinski definition) is 2. The Morgan fingerprint density at radius 1 is 1.50 bits per heavy atom. The first-order chi connectivity index (χ1) is 9.70. The zero-order valence-corrected chi connectivity index (χ0v) is 10.8. The van der Waals surface area contributed by atoms with Crippen molar-refractivity contribution >= 4 is 12.3 Å². The predicted molar refractivity (Wildman–Crippen MR) is 71.7 cm³/mol. The standard InChI is InChI=1S/C13H13FN4O2/c1-2-20-13(19)18-16-8-10-7-15-17-12(10)9-3-5-11(14)6-4-9/h3-8H,2H2,1H3,(H,15,17)(H,18,19). The number of halogens is 1. The summed E-state index contributed by atoms with van der Waals surface area (Å²) in [6.07, 6.45) is 2.35. The van der Waals surface area contributed by atoms with Gasteiger partial charge in [-0.25, -0.2) is 14.6 Å². The number of ether oxygens (including phenoxy) is 1. The highest BCUT2D eigenvalue weighted by atomic mass is 19.1. The van der Waals surface area contributed by atoms with Gasteiger partial charge in [-0.05, 0) is 31.2 Å². The molecule has 0 fully saturated rings. The maximum absolute atomic E-state index is 12.9. The van der Waals surface area contributed by atoms with Gasteiger partial charge in [-0.2, -0.15) is 10.2 Å². The van der Waals surface area contributed by atoms with Crippen LogP contribution in [0.2, 0.25) is 0 Å². The molecule has 0 spiro atoms. The lowest BCUT2D eigenvalue weighted by Gasteiger charge is -2.00. The highest BCUT2D eigenvalue weighted by molar-refractivity contribution is 5.88. The van der Waals surface area contributed by atoms with Crippen molar-refractivity contribution in [2.75, 3.05) is 6.61 Å². The molecule has 20 heavy (non-hydrogen) atoms. The molecule has 0 bridgehead atoms. The number of H-pyrrole nitrogens is 1. The second-order valence-corrected chi connectivity index (χ2v) is 3.80. The Kier molecular flexibility index (Phi) is 4.43. The predicted octanol–water partition coefficient (Wildman–Crippen LogP) is 2.30. The second-order valence-electron chi connectivity index (χ2n) is 3.80. The molecule has 2 N–H and O–H groups in total. The van der Waals surface area contributed by atoms with Crippen LogP contribution in [-0.4, -0.2) is 29.1 Å². The number of rotatable bonds is 4. The normalized spacial score (nSPS) is 10.7. The molecule has 2 aromatic rings. The number of carbonyl (C=O) groups is 1. The van der Waals surface area contributed by atoms with Gasteiger partial charge in [-0.3, -0.25) is 5.10 Å². The number of benzene rings is 1. The average molecular weight is 276 g/mol. The van der Waals surface area contributed by atoms with Crippen LogP contribution in [0.3, 0.4) is 0 Å². The minimum atomic E-state index is -0.629. The minimum absolute atomic E-state index is 0.272. The smallest absolute Gasteiger partial charge is 0.427 e. The Morgan fingerprint density at radius 2 is 2.25 bits per heavy atom. The Labute approximate surface area is 114 Å². The number of nitrogens with one attached hydrogen (secondary N) is 2. The molecule has 0 saturated carbocycles. The average Bonchev–Trinajstić information content (AvgIpc) is 2.88. The van der Waals surface area contributed by atoms with E-state index in [0.717, 1.165) is 5.56 Å². The Bertz CT molecular complexity index is 607. The van der Waals surface area contributed by atoms with Crippen LogP contribution < -0.4 is 5.43 Å². The molecular weight excluding hydrogens is 263 g/mol. The Hall–Kier alpha value is -2.70. The van der Waals surface area contributed by atoms with Gasteiger partial charge < -0.3 is 4.74 Å². The van der Waals surface area contributed by atoms with E-state index >= 15 is 0 Å². The quantitative estimate of drug-likeness (QED) is 0.664. The summed E-state index contributed by atoms with van der Waals surface area (Å²) in [6, 6.07) is 5.96. The van der Waals surface area contributed by atoms with Crippen molar-refractivity contribution < 1.29 is 13.9 Å². The molecule has 1 amide bonds. The van der Waals surface area contributed by atoms with E-state index in [9.17, 15) is 9.18 Å². The van der Waals surface area contributed by atoms with E-state index in [1.54, 1.807) is 25.3 Å². The first-order valence-corrected chi connectivity index (χ1v) is 5.96. The summed E-state index contributed by atoms with van der Waals surface area (Å²) >= 11 is 0. The molecule has 2 rings (SSSR count). The van der Waals surface area contributed by atoms with Crippen LogP contribution in [0.15, 0.2) is 35.6 Å². The van der Waals surface area contributed by atoms with Crippen molar-refractivity contribution in [1.29, 1.82) is 0 Å². The van der Waals surface area contributed by atoms with Crippen LogP contribution >= 0.6 is 0 Å². The van der Waals surface area contributed by atoms with Gasteiger partial charge in [0.2, 0.25) is 0 Å². The summed E-state index contributed by atoms with van der Waals surface area (Å²) in [6.45, 7) is 1.97. The molecule has 104 valence electrons. The number of hydrogen-bond acceptors (Lipinski definition) is 4. The summed E-state index contributed by atoms with van der Waals surface area (Å²) in [5, 5.41) is 10.5. The zero-order chi connectivity index (χ0) is 14.4. The fourth-order valence-corrected chi connectivity index (χ4v) is 1.56. The van der Waals surface area contributed by atoms with Crippen molar-refractivity contribution in [3.05, 3.63) is 41.8 Å². The third kappa shape index (κ3) is 3.41. The summed E-state index contributed by atoms with van der Waals surface area (Å²) in [4.78, 5) is 11.1. The van der Waals surface area contributed by atoms with Crippen LogP contribution in [0.1, 0.15) is 12.5 Å². The molecule has 6 nitrogen and oxygen atoms in total. The van der Waals surface area contributed by atoms with Crippen molar-refractivity contribution in [1.82, 2.24) is 15.6 Å². The van der Waals surface area contributed by atoms with Gasteiger partial charge in [0.15, 0.2) is 0 Å². The van der Waals surface area contributed by atoms with Crippen LogP contribution in [-0.2, 0) is 4.74 Å². The molecule has 0 aliphatic heterocycles. The molecular formula is C13H13FN4O2. The van der Waals surface area contributed by atoms with Gasteiger partial charge in [-0.1, -0.05) is 0 Å². The minimum Gasteiger partial charge on any atom is -0.449 e. The van der Waals surface area contributed by atoms with Crippen molar-refractivity contribution in [2.24, 2.45) is 5.10 Å². The monoisotopic (exact) mass is 276 g/mol. The highest BCUT2D eigenvalue weighted by Crippen LogP contribution is 2.19. The van der Waals surface area contributed by atoms with E-state index in [2.05, 4.69) is 25.5 Å². The Morgan fingerprint density at radius 3 is 2.95 bits per heavy atom. The lowest BCUT2D eigenvalue weighted by molar-refractivity contribution is 0.152. The van der Waals surface area contributed by atoms with Crippen molar-refractivity contribution in [2.45, 2.75) is 6.92 Å². The zero-order valence-electron chi connectivity index (χ0n) is 10.8. The van der Waals surface area contributed by atoms with Gasteiger partial charge in [0.05, 0.1) is 24.7 Å². The fraction of sp³-hybridized carbons (Fsp3) is 0.154. The van der Waals surface area contributed by atoms with E-state index in [-0.39, 0.29) is 12.4 Å². The molecule has 0 atom stereocenters. The van der Waals surface area contributed by atoms with Gasteiger partial charge in [0.1, 0.15) is 5.82 Å². The van der Waals surface area contributed by atoms with Gasteiger partial charge >= 0.3 is 6.09 Å². The summed E-state index contributed by atoms with van der Waals surface area (Å²) in [5.41, 5.74) is 4.32. The summed E-state index contributed by atoms with van der Waals surface area (Å²) in [7, 11) is 0. The van der Waals surface area contributed by atoms with Crippen LogP contribution in [0.4, 0.5) is 9.18 Å². The molecule has 0 unspecified atom stereocenters. The number of carbonyl (C=O) groups excluding carboxylic acids is 1.